The van der Waals surface area contributed by atoms with Gasteiger partial charge in [-0.3, -0.25) is 0 Å². The molecule has 2 aliphatic rings. The number of carboxylic acids is 1. The highest BCUT2D eigenvalue weighted by atomic mass is 16.5. The van der Waals surface area contributed by atoms with Gasteiger partial charge in [-0.2, -0.15) is 0 Å². The molecule has 0 saturated carbocycles. The van der Waals surface area contributed by atoms with Crippen LogP contribution in [0.25, 0.3) is 6.08 Å². The first-order valence-electron chi connectivity index (χ1n) is 5.66. The number of rotatable bonds is 2. The Hall–Kier alpha value is -2.36. The molecular formula is C14H10NO3-. The molecule has 0 aromatic heterocycles. The van der Waals surface area contributed by atoms with Crippen molar-refractivity contribution in [1.82, 2.24) is 0 Å². The highest BCUT2D eigenvalue weighted by Crippen LogP contribution is 2.29. The fraction of sp³-hybridized carbons (Fsp3) is 0.143. The van der Waals surface area contributed by atoms with Gasteiger partial charge in [-0.1, -0.05) is 18.2 Å². The van der Waals surface area contributed by atoms with Gasteiger partial charge in [0.25, 0.3) is 0 Å². The van der Waals surface area contributed by atoms with Crippen LogP contribution in [0.1, 0.15) is 11.1 Å². The molecule has 0 atom stereocenters. The van der Waals surface area contributed by atoms with Gasteiger partial charge in [-0.15, -0.1) is 0 Å². The zero-order chi connectivity index (χ0) is 12.5. The zero-order valence-electron chi connectivity index (χ0n) is 9.55. The van der Waals surface area contributed by atoms with Crippen molar-refractivity contribution in [2.75, 3.05) is 6.54 Å². The molecule has 90 valence electrons. The fourth-order valence-corrected chi connectivity index (χ4v) is 2.03. The van der Waals surface area contributed by atoms with Gasteiger partial charge >= 0.3 is 0 Å². The molecule has 0 saturated heterocycles. The molecule has 18 heavy (non-hydrogen) atoms. The van der Waals surface area contributed by atoms with Gasteiger partial charge in [0.1, 0.15) is 5.75 Å². The van der Waals surface area contributed by atoms with Crippen molar-refractivity contribution in [3.8, 4) is 5.75 Å². The summed E-state index contributed by atoms with van der Waals surface area (Å²) < 4.78 is 5.66. The Balaban J connectivity index is 2.00. The number of hydrogen-bond acceptors (Lipinski definition) is 4. The third-order valence-corrected chi connectivity index (χ3v) is 2.82. The molecule has 0 unspecified atom stereocenters. The molecule has 0 amide bonds. The van der Waals surface area contributed by atoms with Crippen LogP contribution in [0, 0.1) is 0 Å². The number of dihydropyridines is 1. The van der Waals surface area contributed by atoms with E-state index in [9.17, 15) is 9.90 Å². The van der Waals surface area contributed by atoms with E-state index in [1.165, 1.54) is 0 Å². The number of nitrogens with zero attached hydrogens (tertiary/aromatic N) is 1. The molecule has 4 heteroatoms. The Labute approximate surface area is 104 Å². The number of carbonyl (C=O) groups is 1. The monoisotopic (exact) mass is 240 g/mol. The van der Waals surface area contributed by atoms with E-state index in [0.717, 1.165) is 11.1 Å². The molecule has 0 N–H and O–H groups in total. The van der Waals surface area contributed by atoms with Crippen molar-refractivity contribution in [1.29, 1.82) is 0 Å². The van der Waals surface area contributed by atoms with Crippen molar-refractivity contribution in [2.24, 2.45) is 4.99 Å². The van der Waals surface area contributed by atoms with Gasteiger partial charge in [-0.05, 0) is 23.8 Å². The Morgan fingerprint density at radius 1 is 1.44 bits per heavy atom. The van der Waals surface area contributed by atoms with Gasteiger partial charge in [0.15, 0.2) is 0 Å². The smallest absolute Gasteiger partial charge is 0.222 e. The molecule has 0 spiro atoms. The second-order valence-corrected chi connectivity index (χ2v) is 4.17. The van der Waals surface area contributed by atoms with E-state index in [0.29, 0.717) is 23.8 Å². The second kappa shape index (κ2) is 4.14. The largest absolute Gasteiger partial charge is 0.550 e. The van der Waals surface area contributed by atoms with E-state index in [2.05, 4.69) is 4.99 Å². The second-order valence-electron chi connectivity index (χ2n) is 4.17. The lowest BCUT2D eigenvalue weighted by Crippen LogP contribution is -2.24. The highest BCUT2D eigenvalue weighted by Gasteiger charge is 2.18. The predicted molar refractivity (Wildman–Crippen MR) is 65.2 cm³/mol. The number of aliphatic imine (C=N–C) groups is 1. The van der Waals surface area contributed by atoms with Crippen LogP contribution in [0.3, 0.4) is 0 Å². The van der Waals surface area contributed by atoms with Crippen molar-refractivity contribution in [2.45, 2.75) is 6.42 Å². The average Bonchev–Trinajstić information content (AvgIpc) is 2.35. The molecule has 0 aliphatic carbocycles. The molecule has 0 radical (unpaired) electrons. The molecule has 0 bridgehead atoms. The number of ether oxygens (including phenoxy) is 1. The summed E-state index contributed by atoms with van der Waals surface area (Å²) in [5.74, 6) is 0.242. The maximum Gasteiger partial charge on any atom is 0.222 e. The molecule has 3 rings (SSSR count). The predicted octanol–water partition coefficient (Wildman–Crippen LogP) is 0.723. The van der Waals surface area contributed by atoms with Crippen LogP contribution in [0.5, 0.6) is 5.75 Å². The summed E-state index contributed by atoms with van der Waals surface area (Å²) >= 11 is 0. The molecule has 1 aromatic rings. The summed E-state index contributed by atoms with van der Waals surface area (Å²) in [6.07, 6.45) is 5.77. The lowest BCUT2D eigenvalue weighted by Gasteiger charge is -2.20. The van der Waals surface area contributed by atoms with Crippen LogP contribution in [0.4, 0.5) is 0 Å². The highest BCUT2D eigenvalue weighted by molar-refractivity contribution is 6.05. The Kier molecular flexibility index (Phi) is 2.48. The minimum absolute atomic E-state index is 0.0900. The van der Waals surface area contributed by atoms with E-state index in [1.54, 1.807) is 18.2 Å². The summed E-state index contributed by atoms with van der Waals surface area (Å²) in [5.41, 5.74) is 2.49. The molecule has 0 fully saturated rings. The Morgan fingerprint density at radius 3 is 3.17 bits per heavy atom. The SMILES string of the molecule is O=C([O-])Cc1ccc2c(c1)C=C1C=CCN=C1O2. The van der Waals surface area contributed by atoms with Crippen molar-refractivity contribution >= 4 is 17.9 Å². The van der Waals surface area contributed by atoms with Crippen LogP contribution in [0.2, 0.25) is 0 Å². The van der Waals surface area contributed by atoms with E-state index in [1.807, 2.05) is 18.2 Å². The third kappa shape index (κ3) is 1.93. The first kappa shape index (κ1) is 10.8. The first-order valence-corrected chi connectivity index (χ1v) is 5.66. The number of aliphatic carboxylic acids is 1. The van der Waals surface area contributed by atoms with Crippen LogP contribution >= 0.6 is 0 Å². The molecule has 1 aromatic carbocycles. The fourth-order valence-electron chi connectivity index (χ4n) is 2.03. The van der Waals surface area contributed by atoms with Gasteiger partial charge in [0, 0.05) is 23.5 Å². The third-order valence-electron chi connectivity index (χ3n) is 2.82. The lowest BCUT2D eigenvalue weighted by atomic mass is 10.0. The van der Waals surface area contributed by atoms with Crippen LogP contribution in [0.15, 0.2) is 40.9 Å². The number of hydrogen-bond donors (Lipinski definition) is 0. The molecule has 2 heterocycles. The van der Waals surface area contributed by atoms with Crippen LogP contribution in [-0.2, 0) is 11.2 Å². The van der Waals surface area contributed by atoms with Gasteiger partial charge < -0.3 is 14.6 Å². The first-order chi connectivity index (χ1) is 8.72. The van der Waals surface area contributed by atoms with E-state index >= 15 is 0 Å². The van der Waals surface area contributed by atoms with Gasteiger partial charge in [-0.25, -0.2) is 4.99 Å². The summed E-state index contributed by atoms with van der Waals surface area (Å²) in [6.45, 7) is 0.630. The number of carbonyl (C=O) groups excluding carboxylic acids is 1. The summed E-state index contributed by atoms with van der Waals surface area (Å²) in [5, 5.41) is 10.6. The standard InChI is InChI=1S/C14H11NO3/c16-13(17)7-9-3-4-12-11(6-9)8-10-2-1-5-15-14(10)18-12/h1-4,6,8H,5,7H2,(H,16,17)/p-1. The number of benzene rings is 1. The van der Waals surface area contributed by atoms with E-state index in [-0.39, 0.29) is 6.42 Å². The maximum atomic E-state index is 10.6. The molecular weight excluding hydrogens is 230 g/mol. The Morgan fingerprint density at radius 2 is 2.33 bits per heavy atom. The average molecular weight is 240 g/mol. The molecule has 4 nitrogen and oxygen atoms in total. The van der Waals surface area contributed by atoms with Gasteiger partial charge in [0.2, 0.25) is 5.90 Å². The summed E-state index contributed by atoms with van der Waals surface area (Å²) in [4.78, 5) is 14.8. The van der Waals surface area contributed by atoms with Crippen molar-refractivity contribution in [3.05, 3.63) is 47.1 Å². The summed E-state index contributed by atoms with van der Waals surface area (Å²) in [6, 6.07) is 5.30. The van der Waals surface area contributed by atoms with Crippen LogP contribution < -0.4 is 9.84 Å². The quantitative estimate of drug-likeness (QED) is 0.765. The lowest BCUT2D eigenvalue weighted by molar-refractivity contribution is -0.304. The summed E-state index contributed by atoms with van der Waals surface area (Å²) in [7, 11) is 0. The minimum Gasteiger partial charge on any atom is -0.550 e. The minimum atomic E-state index is -1.08. The zero-order valence-corrected chi connectivity index (χ0v) is 9.55. The van der Waals surface area contributed by atoms with Crippen LogP contribution in [-0.4, -0.2) is 18.4 Å². The Bertz CT molecular complexity index is 611. The maximum absolute atomic E-state index is 10.6. The van der Waals surface area contributed by atoms with Crippen molar-refractivity contribution in [3.63, 3.8) is 0 Å². The van der Waals surface area contributed by atoms with E-state index < -0.39 is 5.97 Å². The van der Waals surface area contributed by atoms with Gasteiger partial charge in [0.05, 0.1) is 6.54 Å². The topological polar surface area (TPSA) is 61.7 Å². The number of carboxylic acid groups (broad SMARTS) is 1. The van der Waals surface area contributed by atoms with E-state index in [4.69, 9.17) is 4.74 Å². The molecule has 2 aliphatic heterocycles. The normalized spacial score (nSPS) is 16.0. The number of fused-ring (bicyclic) bond motifs is 2. The van der Waals surface area contributed by atoms with Crippen molar-refractivity contribution < 1.29 is 14.6 Å².